The number of hydrogen-bond acceptors (Lipinski definition) is 3. The molecule has 1 heterocycles. The molecule has 2 aromatic rings. The Hall–Kier alpha value is -1.84. The van der Waals surface area contributed by atoms with Crippen LogP contribution >= 0.6 is 0 Å². The minimum atomic E-state index is 0.0729. The first-order chi connectivity index (χ1) is 14.4. The van der Waals surface area contributed by atoms with E-state index >= 15 is 0 Å². The molecule has 0 aromatic heterocycles. The van der Waals surface area contributed by atoms with Crippen LogP contribution in [0.5, 0.6) is 5.75 Å². The Bertz CT molecular complexity index is 733. The van der Waals surface area contributed by atoms with Gasteiger partial charge in [0.05, 0.1) is 18.3 Å². The van der Waals surface area contributed by atoms with Crippen LogP contribution in [0.15, 0.2) is 54.6 Å². The zero-order valence-electron chi connectivity index (χ0n) is 19.4. The van der Waals surface area contributed by atoms with Gasteiger partial charge in [0.25, 0.3) is 0 Å². The highest BCUT2D eigenvalue weighted by atomic mass is 16.5. The molecule has 3 nitrogen and oxygen atoms in total. The van der Waals surface area contributed by atoms with Gasteiger partial charge in [-0.05, 0) is 96.1 Å². The van der Waals surface area contributed by atoms with E-state index in [0.717, 1.165) is 24.8 Å². The lowest BCUT2D eigenvalue weighted by Gasteiger charge is -2.40. The Morgan fingerprint density at radius 2 is 1.47 bits per heavy atom. The lowest BCUT2D eigenvalue weighted by Crippen LogP contribution is -2.44. The number of benzene rings is 2. The minimum Gasteiger partial charge on any atom is -0.491 e. The molecular formula is C27H39NO2. The van der Waals surface area contributed by atoms with Gasteiger partial charge in [0.15, 0.2) is 0 Å². The van der Waals surface area contributed by atoms with Gasteiger partial charge >= 0.3 is 0 Å². The standard InChI is InChI=1S/C27H39NO2/c1-20(2)29-26-13-11-25(12-14-26)27(30-21(3)4)22(5)28-17-15-24(16-18-28)19-23-9-7-6-8-10-23/h6-14,20-22,24,27H,15-19H2,1-5H3. The van der Waals surface area contributed by atoms with Gasteiger partial charge < -0.3 is 9.47 Å². The van der Waals surface area contributed by atoms with Gasteiger partial charge in [-0.1, -0.05) is 42.5 Å². The highest BCUT2D eigenvalue weighted by molar-refractivity contribution is 5.29. The van der Waals surface area contributed by atoms with Crippen molar-refractivity contribution in [1.82, 2.24) is 4.90 Å². The molecule has 1 fully saturated rings. The molecule has 1 aliphatic rings. The van der Waals surface area contributed by atoms with E-state index in [-0.39, 0.29) is 18.3 Å². The van der Waals surface area contributed by atoms with Crippen LogP contribution in [0, 0.1) is 5.92 Å². The van der Waals surface area contributed by atoms with Crippen LogP contribution in [0.2, 0.25) is 0 Å². The summed E-state index contributed by atoms with van der Waals surface area (Å²) in [6, 6.07) is 19.8. The normalized spacial score (nSPS) is 18.0. The predicted octanol–water partition coefficient (Wildman–Crippen LogP) is 6.28. The van der Waals surface area contributed by atoms with E-state index in [1.807, 2.05) is 0 Å². The summed E-state index contributed by atoms with van der Waals surface area (Å²) in [6.07, 6.45) is 4.17. The second kappa shape index (κ2) is 11.0. The van der Waals surface area contributed by atoms with E-state index in [0.29, 0.717) is 6.04 Å². The summed E-state index contributed by atoms with van der Waals surface area (Å²) >= 11 is 0. The van der Waals surface area contributed by atoms with Gasteiger partial charge in [0.2, 0.25) is 0 Å². The molecular weight excluding hydrogens is 370 g/mol. The smallest absolute Gasteiger partial charge is 0.119 e. The largest absolute Gasteiger partial charge is 0.491 e. The van der Waals surface area contributed by atoms with Crippen LogP contribution in [0.1, 0.15) is 64.7 Å². The molecule has 30 heavy (non-hydrogen) atoms. The molecule has 1 aliphatic heterocycles. The van der Waals surface area contributed by atoms with Gasteiger partial charge in [-0.2, -0.15) is 0 Å². The molecule has 164 valence electrons. The topological polar surface area (TPSA) is 21.7 Å². The summed E-state index contributed by atoms with van der Waals surface area (Å²) in [4.78, 5) is 2.62. The van der Waals surface area contributed by atoms with E-state index < -0.39 is 0 Å². The van der Waals surface area contributed by atoms with Crippen molar-refractivity contribution in [3.63, 3.8) is 0 Å². The highest BCUT2D eigenvalue weighted by Gasteiger charge is 2.30. The summed E-state index contributed by atoms with van der Waals surface area (Å²) in [7, 11) is 0. The molecule has 0 N–H and O–H groups in total. The van der Waals surface area contributed by atoms with Crippen molar-refractivity contribution < 1.29 is 9.47 Å². The van der Waals surface area contributed by atoms with Crippen LogP contribution in [0.3, 0.4) is 0 Å². The zero-order valence-corrected chi connectivity index (χ0v) is 19.4. The zero-order chi connectivity index (χ0) is 21.5. The van der Waals surface area contributed by atoms with E-state index in [9.17, 15) is 0 Å². The van der Waals surface area contributed by atoms with Crippen molar-refractivity contribution in [2.75, 3.05) is 13.1 Å². The number of ether oxygens (including phenoxy) is 2. The summed E-state index contributed by atoms with van der Waals surface area (Å²) in [5.41, 5.74) is 2.70. The minimum absolute atomic E-state index is 0.0729. The summed E-state index contributed by atoms with van der Waals surface area (Å²) in [5, 5.41) is 0. The van der Waals surface area contributed by atoms with Crippen molar-refractivity contribution in [1.29, 1.82) is 0 Å². The first kappa shape index (κ1) is 22.8. The first-order valence-electron chi connectivity index (χ1n) is 11.6. The van der Waals surface area contributed by atoms with Crippen molar-refractivity contribution in [2.24, 2.45) is 5.92 Å². The average Bonchev–Trinajstić information content (AvgIpc) is 2.73. The molecule has 3 heteroatoms. The molecule has 0 radical (unpaired) electrons. The van der Waals surface area contributed by atoms with E-state index in [1.165, 1.54) is 30.4 Å². The van der Waals surface area contributed by atoms with Gasteiger partial charge in [-0.25, -0.2) is 0 Å². The van der Waals surface area contributed by atoms with Gasteiger partial charge in [-0.15, -0.1) is 0 Å². The Kier molecular flexibility index (Phi) is 8.35. The second-order valence-electron chi connectivity index (χ2n) is 9.25. The van der Waals surface area contributed by atoms with Crippen LogP contribution in [-0.2, 0) is 11.2 Å². The van der Waals surface area contributed by atoms with Crippen molar-refractivity contribution >= 4 is 0 Å². The maximum atomic E-state index is 6.41. The third-order valence-corrected chi connectivity index (χ3v) is 6.03. The molecule has 3 rings (SSSR count). The number of nitrogens with zero attached hydrogens (tertiary/aromatic N) is 1. The predicted molar refractivity (Wildman–Crippen MR) is 125 cm³/mol. The summed E-state index contributed by atoms with van der Waals surface area (Å²) in [5.74, 6) is 1.71. The van der Waals surface area contributed by atoms with Crippen molar-refractivity contribution in [2.45, 2.75) is 78.2 Å². The van der Waals surface area contributed by atoms with E-state index in [1.54, 1.807) is 0 Å². The fourth-order valence-electron chi connectivity index (χ4n) is 4.48. The Morgan fingerprint density at radius 1 is 0.833 bits per heavy atom. The van der Waals surface area contributed by atoms with Crippen LogP contribution in [0.25, 0.3) is 0 Å². The fourth-order valence-corrected chi connectivity index (χ4v) is 4.48. The summed E-state index contributed by atoms with van der Waals surface area (Å²) in [6.45, 7) is 13.0. The number of piperidine rings is 1. The van der Waals surface area contributed by atoms with Gasteiger partial charge in [-0.3, -0.25) is 4.90 Å². The van der Waals surface area contributed by atoms with E-state index in [2.05, 4.69) is 94.1 Å². The number of likely N-dealkylation sites (tertiary alicyclic amines) is 1. The van der Waals surface area contributed by atoms with Crippen molar-refractivity contribution in [3.05, 3.63) is 65.7 Å². The Labute approximate surface area is 183 Å². The lowest BCUT2D eigenvalue weighted by molar-refractivity contribution is -0.0492. The average molecular weight is 410 g/mol. The molecule has 0 amide bonds. The quantitative estimate of drug-likeness (QED) is 0.486. The maximum absolute atomic E-state index is 6.41. The van der Waals surface area contributed by atoms with Crippen LogP contribution < -0.4 is 4.74 Å². The molecule has 0 aliphatic carbocycles. The molecule has 2 atom stereocenters. The number of rotatable bonds is 9. The van der Waals surface area contributed by atoms with Gasteiger partial charge in [0.1, 0.15) is 5.75 Å². The Morgan fingerprint density at radius 3 is 2.03 bits per heavy atom. The van der Waals surface area contributed by atoms with Gasteiger partial charge in [0, 0.05) is 6.04 Å². The summed E-state index contributed by atoms with van der Waals surface area (Å²) < 4.78 is 12.2. The molecule has 2 aromatic carbocycles. The fraction of sp³-hybridized carbons (Fsp3) is 0.556. The van der Waals surface area contributed by atoms with Crippen LogP contribution in [-0.4, -0.2) is 36.2 Å². The molecule has 1 saturated heterocycles. The van der Waals surface area contributed by atoms with Crippen LogP contribution in [0.4, 0.5) is 0 Å². The lowest BCUT2D eigenvalue weighted by atomic mass is 9.89. The molecule has 0 bridgehead atoms. The molecule has 0 spiro atoms. The SMILES string of the molecule is CC(C)Oc1ccc(C(OC(C)C)C(C)N2CCC(Cc3ccccc3)CC2)cc1. The first-order valence-corrected chi connectivity index (χ1v) is 11.6. The maximum Gasteiger partial charge on any atom is 0.119 e. The second-order valence-corrected chi connectivity index (χ2v) is 9.25. The molecule has 0 saturated carbocycles. The number of hydrogen-bond donors (Lipinski definition) is 0. The molecule has 2 unspecified atom stereocenters. The Balaban J connectivity index is 1.62. The third-order valence-electron chi connectivity index (χ3n) is 6.03. The monoisotopic (exact) mass is 409 g/mol. The highest BCUT2D eigenvalue weighted by Crippen LogP contribution is 2.31. The van der Waals surface area contributed by atoms with Crippen molar-refractivity contribution in [3.8, 4) is 5.75 Å². The van der Waals surface area contributed by atoms with E-state index in [4.69, 9.17) is 9.47 Å². The third kappa shape index (κ3) is 6.58.